The van der Waals surface area contributed by atoms with Gasteiger partial charge in [0, 0.05) is 10.6 Å². The standard InChI is InChI=1S/C18H17ClO5/c1-11(17(20)12-7-9-13(19)10-8-12)24-18(21)16-14(22-2)5-4-6-15(16)23-3/h4-11H,1-3H3/t11-/m0/s1. The molecule has 2 rings (SSSR count). The van der Waals surface area contributed by atoms with Crippen molar-refractivity contribution >= 4 is 23.4 Å². The molecule has 0 heterocycles. The fourth-order valence-corrected chi connectivity index (χ4v) is 2.30. The molecular weight excluding hydrogens is 332 g/mol. The number of hydrogen-bond donors (Lipinski definition) is 0. The quantitative estimate of drug-likeness (QED) is 0.587. The van der Waals surface area contributed by atoms with Crippen LogP contribution in [0.1, 0.15) is 27.6 Å². The zero-order valence-electron chi connectivity index (χ0n) is 13.5. The molecule has 2 aromatic rings. The highest BCUT2D eigenvalue weighted by Crippen LogP contribution is 2.29. The smallest absolute Gasteiger partial charge is 0.346 e. The van der Waals surface area contributed by atoms with Crippen LogP contribution in [0.4, 0.5) is 0 Å². The fourth-order valence-electron chi connectivity index (χ4n) is 2.17. The molecule has 0 bridgehead atoms. The number of benzene rings is 2. The van der Waals surface area contributed by atoms with Crippen LogP contribution in [0.3, 0.4) is 0 Å². The highest BCUT2D eigenvalue weighted by Gasteiger charge is 2.25. The molecule has 0 N–H and O–H groups in total. The van der Waals surface area contributed by atoms with Crippen LogP contribution >= 0.6 is 11.6 Å². The Morgan fingerprint density at radius 1 is 0.958 bits per heavy atom. The molecule has 0 aromatic heterocycles. The summed E-state index contributed by atoms with van der Waals surface area (Å²) in [5, 5.41) is 0.523. The van der Waals surface area contributed by atoms with E-state index in [1.54, 1.807) is 42.5 Å². The second-order valence-corrected chi connectivity index (χ2v) is 5.39. The molecule has 0 saturated carbocycles. The Kier molecular flexibility index (Phi) is 5.82. The number of rotatable bonds is 6. The molecule has 0 aliphatic carbocycles. The van der Waals surface area contributed by atoms with Crippen molar-refractivity contribution < 1.29 is 23.8 Å². The molecule has 5 nitrogen and oxygen atoms in total. The molecular formula is C18H17ClO5. The molecule has 0 amide bonds. The Bertz CT molecular complexity index is 717. The largest absolute Gasteiger partial charge is 0.496 e. The number of carbonyl (C=O) groups excluding carboxylic acids is 2. The third kappa shape index (κ3) is 3.86. The van der Waals surface area contributed by atoms with Gasteiger partial charge in [0.1, 0.15) is 17.1 Å². The second kappa shape index (κ2) is 7.84. The zero-order valence-corrected chi connectivity index (χ0v) is 14.3. The van der Waals surface area contributed by atoms with Crippen molar-refractivity contribution in [2.45, 2.75) is 13.0 Å². The zero-order chi connectivity index (χ0) is 17.7. The van der Waals surface area contributed by atoms with Gasteiger partial charge in [0.05, 0.1) is 14.2 Å². The summed E-state index contributed by atoms with van der Waals surface area (Å²) >= 11 is 5.80. The number of Topliss-reactive ketones (excluding diaryl/α,β-unsaturated/α-hetero) is 1. The van der Waals surface area contributed by atoms with E-state index < -0.39 is 12.1 Å². The lowest BCUT2D eigenvalue weighted by Crippen LogP contribution is -2.25. The Balaban J connectivity index is 2.20. The van der Waals surface area contributed by atoms with Crippen LogP contribution in [0, 0.1) is 0 Å². The highest BCUT2D eigenvalue weighted by molar-refractivity contribution is 6.30. The lowest BCUT2D eigenvalue weighted by Gasteiger charge is -2.16. The van der Waals surface area contributed by atoms with Gasteiger partial charge in [-0.15, -0.1) is 0 Å². The molecule has 0 aliphatic heterocycles. The van der Waals surface area contributed by atoms with Crippen LogP contribution in [0.15, 0.2) is 42.5 Å². The van der Waals surface area contributed by atoms with Crippen molar-refractivity contribution in [3.05, 3.63) is 58.6 Å². The normalized spacial score (nSPS) is 11.5. The average molecular weight is 349 g/mol. The van der Waals surface area contributed by atoms with Crippen molar-refractivity contribution in [2.24, 2.45) is 0 Å². The highest BCUT2D eigenvalue weighted by atomic mass is 35.5. The van der Waals surface area contributed by atoms with E-state index in [2.05, 4.69) is 0 Å². The van der Waals surface area contributed by atoms with E-state index >= 15 is 0 Å². The van der Waals surface area contributed by atoms with E-state index in [4.69, 9.17) is 25.8 Å². The second-order valence-electron chi connectivity index (χ2n) is 4.96. The average Bonchev–Trinajstić information content (AvgIpc) is 2.60. The van der Waals surface area contributed by atoms with Gasteiger partial charge in [0.15, 0.2) is 6.10 Å². The van der Waals surface area contributed by atoms with E-state index in [0.29, 0.717) is 22.1 Å². The van der Waals surface area contributed by atoms with Crippen LogP contribution in [-0.4, -0.2) is 32.1 Å². The van der Waals surface area contributed by atoms with Gasteiger partial charge in [-0.2, -0.15) is 0 Å². The molecule has 0 radical (unpaired) electrons. The number of carbonyl (C=O) groups is 2. The summed E-state index contributed by atoms with van der Waals surface area (Å²) in [6, 6.07) is 11.3. The SMILES string of the molecule is COc1cccc(OC)c1C(=O)O[C@@H](C)C(=O)c1ccc(Cl)cc1. The van der Waals surface area contributed by atoms with Gasteiger partial charge in [-0.1, -0.05) is 17.7 Å². The van der Waals surface area contributed by atoms with E-state index in [9.17, 15) is 9.59 Å². The summed E-state index contributed by atoms with van der Waals surface area (Å²) in [4.78, 5) is 24.8. The first-order chi connectivity index (χ1) is 11.5. The minimum atomic E-state index is -0.965. The molecule has 0 aliphatic rings. The Morgan fingerprint density at radius 2 is 1.50 bits per heavy atom. The van der Waals surface area contributed by atoms with Crippen molar-refractivity contribution in [3.8, 4) is 11.5 Å². The number of ether oxygens (including phenoxy) is 3. The van der Waals surface area contributed by atoms with Gasteiger partial charge in [0.2, 0.25) is 5.78 Å². The van der Waals surface area contributed by atoms with Crippen molar-refractivity contribution in [1.82, 2.24) is 0 Å². The van der Waals surface area contributed by atoms with Crippen molar-refractivity contribution in [3.63, 3.8) is 0 Å². The van der Waals surface area contributed by atoms with Gasteiger partial charge in [0.25, 0.3) is 0 Å². The third-order valence-electron chi connectivity index (χ3n) is 3.41. The minimum absolute atomic E-state index is 0.137. The monoisotopic (exact) mass is 348 g/mol. The molecule has 6 heteroatoms. The maximum Gasteiger partial charge on any atom is 0.346 e. The van der Waals surface area contributed by atoms with Crippen LogP contribution in [0.2, 0.25) is 5.02 Å². The van der Waals surface area contributed by atoms with Crippen molar-refractivity contribution in [2.75, 3.05) is 14.2 Å². The van der Waals surface area contributed by atoms with E-state index in [1.165, 1.54) is 21.1 Å². The Hall–Kier alpha value is -2.53. The van der Waals surface area contributed by atoms with Crippen LogP contribution in [-0.2, 0) is 4.74 Å². The maximum absolute atomic E-state index is 12.4. The molecule has 1 atom stereocenters. The lowest BCUT2D eigenvalue weighted by molar-refractivity contribution is 0.0313. The van der Waals surface area contributed by atoms with Gasteiger partial charge in [-0.3, -0.25) is 4.79 Å². The fraction of sp³-hybridized carbons (Fsp3) is 0.222. The first-order valence-electron chi connectivity index (χ1n) is 7.19. The summed E-state index contributed by atoms with van der Waals surface area (Å²) in [5.41, 5.74) is 0.546. The first-order valence-corrected chi connectivity index (χ1v) is 7.57. The number of methoxy groups -OCH3 is 2. The summed E-state index contributed by atoms with van der Waals surface area (Å²) in [6.45, 7) is 1.51. The Labute approximate surface area is 145 Å². The summed E-state index contributed by atoms with van der Waals surface area (Å²) in [5.74, 6) is -0.399. The van der Waals surface area contributed by atoms with Gasteiger partial charge in [-0.05, 0) is 43.3 Å². The summed E-state index contributed by atoms with van der Waals surface area (Å²) in [7, 11) is 2.88. The number of hydrogen-bond acceptors (Lipinski definition) is 5. The molecule has 24 heavy (non-hydrogen) atoms. The van der Waals surface area contributed by atoms with Gasteiger partial charge >= 0.3 is 5.97 Å². The Morgan fingerprint density at radius 3 is 2.00 bits per heavy atom. The topological polar surface area (TPSA) is 61.8 Å². The van der Waals surface area contributed by atoms with Gasteiger partial charge < -0.3 is 14.2 Å². The number of ketones is 1. The molecule has 2 aromatic carbocycles. The molecule has 0 spiro atoms. The number of halogens is 1. The first kappa shape index (κ1) is 17.8. The minimum Gasteiger partial charge on any atom is -0.496 e. The van der Waals surface area contributed by atoms with Crippen LogP contribution in [0.5, 0.6) is 11.5 Å². The van der Waals surface area contributed by atoms with Gasteiger partial charge in [-0.25, -0.2) is 4.79 Å². The maximum atomic E-state index is 12.4. The van der Waals surface area contributed by atoms with Crippen molar-refractivity contribution in [1.29, 1.82) is 0 Å². The van der Waals surface area contributed by atoms with Crippen LogP contribution in [0.25, 0.3) is 0 Å². The number of esters is 1. The van der Waals surface area contributed by atoms with E-state index in [1.807, 2.05) is 0 Å². The molecule has 0 fully saturated rings. The third-order valence-corrected chi connectivity index (χ3v) is 3.67. The molecule has 0 saturated heterocycles. The lowest BCUT2D eigenvalue weighted by atomic mass is 10.1. The molecule has 126 valence electrons. The summed E-state index contributed by atoms with van der Waals surface area (Å²) in [6.07, 6.45) is -0.965. The predicted molar refractivity (Wildman–Crippen MR) is 90.2 cm³/mol. The van der Waals surface area contributed by atoms with E-state index in [0.717, 1.165) is 0 Å². The van der Waals surface area contributed by atoms with E-state index in [-0.39, 0.29) is 11.3 Å². The van der Waals surface area contributed by atoms with Crippen LogP contribution < -0.4 is 9.47 Å². The predicted octanol–water partition coefficient (Wildman–Crippen LogP) is 3.79. The summed E-state index contributed by atoms with van der Waals surface area (Å²) < 4.78 is 15.6. The molecule has 0 unspecified atom stereocenters.